The van der Waals surface area contributed by atoms with Crippen molar-refractivity contribution in [3.05, 3.63) is 36.5 Å². The van der Waals surface area contributed by atoms with Gasteiger partial charge < -0.3 is 14.2 Å². The Morgan fingerprint density at radius 3 is 0.935 bits per heavy atom. The van der Waals surface area contributed by atoms with Gasteiger partial charge in [-0.2, -0.15) is 0 Å². The first-order valence-corrected chi connectivity index (χ1v) is 27.0. The first-order chi connectivity index (χ1) is 30.5. The summed E-state index contributed by atoms with van der Waals surface area (Å²) in [5.41, 5.74) is 0. The molecule has 6 nitrogen and oxygen atoms in total. The Morgan fingerprint density at radius 2 is 0.581 bits per heavy atom. The largest absolute Gasteiger partial charge is 0.462 e. The Balaban J connectivity index is 4.36. The van der Waals surface area contributed by atoms with Crippen molar-refractivity contribution in [3.63, 3.8) is 0 Å². The molecule has 0 aliphatic rings. The molecule has 0 aromatic heterocycles. The molecule has 0 amide bonds. The number of allylic oxidation sites excluding steroid dienone is 6. The Kier molecular flexibility index (Phi) is 49.3. The normalized spacial score (nSPS) is 12.2. The second kappa shape index (κ2) is 51.3. The fraction of sp³-hybridized carbons (Fsp3) is 0.839. The minimum absolute atomic E-state index is 0.0750. The van der Waals surface area contributed by atoms with Crippen LogP contribution in [0.5, 0.6) is 0 Å². The minimum Gasteiger partial charge on any atom is -0.462 e. The van der Waals surface area contributed by atoms with Crippen LogP contribution >= 0.6 is 0 Å². The Hall–Kier alpha value is -2.37. The highest BCUT2D eigenvalue weighted by molar-refractivity contribution is 5.71. The smallest absolute Gasteiger partial charge is 0.306 e. The molecule has 0 unspecified atom stereocenters. The first-order valence-electron chi connectivity index (χ1n) is 27.0. The molecule has 6 heteroatoms. The molecule has 0 N–H and O–H groups in total. The lowest BCUT2D eigenvalue weighted by Gasteiger charge is -2.18. The molecule has 362 valence electrons. The van der Waals surface area contributed by atoms with Gasteiger partial charge in [-0.3, -0.25) is 14.4 Å². The zero-order valence-corrected chi connectivity index (χ0v) is 41.4. The van der Waals surface area contributed by atoms with Crippen LogP contribution < -0.4 is 0 Å². The molecule has 0 aliphatic carbocycles. The van der Waals surface area contributed by atoms with Gasteiger partial charge in [0.2, 0.25) is 0 Å². The Morgan fingerprint density at radius 1 is 0.323 bits per heavy atom. The van der Waals surface area contributed by atoms with Crippen LogP contribution in [0.15, 0.2) is 36.5 Å². The molecule has 0 heterocycles. The zero-order valence-electron chi connectivity index (χ0n) is 41.4. The van der Waals surface area contributed by atoms with Crippen LogP contribution in [0.25, 0.3) is 0 Å². The summed E-state index contributed by atoms with van der Waals surface area (Å²) < 4.78 is 16.8. The van der Waals surface area contributed by atoms with Crippen molar-refractivity contribution in [1.29, 1.82) is 0 Å². The molecule has 1 atom stereocenters. The van der Waals surface area contributed by atoms with Crippen molar-refractivity contribution in [2.75, 3.05) is 13.2 Å². The maximum atomic E-state index is 12.8. The lowest BCUT2D eigenvalue weighted by atomic mass is 10.0. The maximum Gasteiger partial charge on any atom is 0.306 e. The minimum atomic E-state index is -0.776. The van der Waals surface area contributed by atoms with Crippen molar-refractivity contribution in [3.8, 4) is 0 Å². The van der Waals surface area contributed by atoms with Gasteiger partial charge in [-0.1, -0.05) is 224 Å². The molecule has 0 fully saturated rings. The van der Waals surface area contributed by atoms with E-state index in [1.165, 1.54) is 167 Å². The van der Waals surface area contributed by atoms with Crippen molar-refractivity contribution in [2.24, 2.45) is 0 Å². The number of rotatable bonds is 49. The average Bonchev–Trinajstić information content (AvgIpc) is 3.27. The molecule has 0 aromatic rings. The van der Waals surface area contributed by atoms with E-state index in [1.54, 1.807) is 0 Å². The lowest BCUT2D eigenvalue weighted by molar-refractivity contribution is -0.167. The van der Waals surface area contributed by atoms with Gasteiger partial charge in [-0.05, 0) is 77.0 Å². The number of esters is 3. The van der Waals surface area contributed by atoms with Gasteiger partial charge in [-0.25, -0.2) is 0 Å². The predicted molar refractivity (Wildman–Crippen MR) is 266 cm³/mol. The van der Waals surface area contributed by atoms with Gasteiger partial charge in [0.1, 0.15) is 13.2 Å². The van der Waals surface area contributed by atoms with Crippen LogP contribution in [0.2, 0.25) is 0 Å². The lowest BCUT2D eigenvalue weighted by Crippen LogP contribution is -2.30. The highest BCUT2D eigenvalue weighted by Gasteiger charge is 2.19. The molecule has 0 radical (unpaired) electrons. The zero-order chi connectivity index (χ0) is 45.1. The summed E-state index contributed by atoms with van der Waals surface area (Å²) in [7, 11) is 0. The molecule has 0 spiro atoms. The topological polar surface area (TPSA) is 78.9 Å². The number of carbonyl (C=O) groups is 3. The fourth-order valence-electron chi connectivity index (χ4n) is 7.76. The molecule has 0 bridgehead atoms. The van der Waals surface area contributed by atoms with Crippen molar-refractivity contribution >= 4 is 17.9 Å². The van der Waals surface area contributed by atoms with Gasteiger partial charge in [0, 0.05) is 19.3 Å². The van der Waals surface area contributed by atoms with Crippen LogP contribution in [0.1, 0.15) is 284 Å². The van der Waals surface area contributed by atoms with E-state index in [1.807, 2.05) is 0 Å². The second-order valence-electron chi connectivity index (χ2n) is 18.1. The third-order valence-corrected chi connectivity index (χ3v) is 11.9. The van der Waals surface area contributed by atoms with Gasteiger partial charge >= 0.3 is 17.9 Å². The van der Waals surface area contributed by atoms with E-state index in [-0.39, 0.29) is 31.1 Å². The molecule has 0 aromatic carbocycles. The summed E-state index contributed by atoms with van der Waals surface area (Å²) in [6.07, 6.45) is 59.8. The second-order valence-corrected chi connectivity index (χ2v) is 18.1. The first kappa shape index (κ1) is 59.6. The summed E-state index contributed by atoms with van der Waals surface area (Å²) in [5.74, 6) is -0.880. The molecule has 62 heavy (non-hydrogen) atoms. The highest BCUT2D eigenvalue weighted by atomic mass is 16.6. The van der Waals surface area contributed by atoms with E-state index in [9.17, 15) is 14.4 Å². The van der Waals surface area contributed by atoms with Crippen LogP contribution in [-0.2, 0) is 28.6 Å². The SMILES string of the molecule is CCCCC/C=C\C/C=C\CCCCCCCCCC(=O)OC[C@@H](COC(=O)CCCCCCCCCCCCCC)OC(=O)CCCCCCC/C=C\CCCCCCCC. The summed E-state index contributed by atoms with van der Waals surface area (Å²) in [4.78, 5) is 38.0. The van der Waals surface area contributed by atoms with Gasteiger partial charge in [0.25, 0.3) is 0 Å². The molecular weight excluding hydrogens is 769 g/mol. The quantitative estimate of drug-likeness (QED) is 0.0262. The molecule has 0 saturated heterocycles. The molecule has 0 rings (SSSR count). The number of hydrogen-bond donors (Lipinski definition) is 0. The number of hydrogen-bond acceptors (Lipinski definition) is 6. The van der Waals surface area contributed by atoms with Gasteiger partial charge in [0.15, 0.2) is 6.10 Å². The maximum absolute atomic E-state index is 12.8. The van der Waals surface area contributed by atoms with Crippen LogP contribution in [-0.4, -0.2) is 37.2 Å². The van der Waals surface area contributed by atoms with E-state index < -0.39 is 6.10 Å². The van der Waals surface area contributed by atoms with E-state index in [2.05, 4.69) is 57.2 Å². The predicted octanol–water partition coefficient (Wildman–Crippen LogP) is 17.7. The molecule has 0 aliphatic heterocycles. The number of ether oxygens (including phenoxy) is 3. The average molecular weight is 871 g/mol. The number of carbonyl (C=O) groups excluding carboxylic acids is 3. The summed E-state index contributed by atoms with van der Waals surface area (Å²) >= 11 is 0. The Labute approximate surface area is 385 Å². The van der Waals surface area contributed by atoms with E-state index >= 15 is 0 Å². The van der Waals surface area contributed by atoms with E-state index in [4.69, 9.17) is 14.2 Å². The summed E-state index contributed by atoms with van der Waals surface area (Å²) in [5, 5.41) is 0. The Bertz CT molecular complexity index is 1050. The van der Waals surface area contributed by atoms with Crippen LogP contribution in [0.3, 0.4) is 0 Å². The van der Waals surface area contributed by atoms with E-state index in [0.29, 0.717) is 19.3 Å². The summed E-state index contributed by atoms with van der Waals surface area (Å²) in [6, 6.07) is 0. The third-order valence-electron chi connectivity index (χ3n) is 11.9. The van der Waals surface area contributed by atoms with Crippen molar-refractivity contribution in [2.45, 2.75) is 290 Å². The van der Waals surface area contributed by atoms with E-state index in [0.717, 1.165) is 77.0 Å². The van der Waals surface area contributed by atoms with Crippen LogP contribution in [0.4, 0.5) is 0 Å². The van der Waals surface area contributed by atoms with Gasteiger partial charge in [-0.15, -0.1) is 0 Å². The number of unbranched alkanes of at least 4 members (excludes halogenated alkanes) is 32. The highest BCUT2D eigenvalue weighted by Crippen LogP contribution is 2.15. The molecular formula is C56H102O6. The van der Waals surface area contributed by atoms with Crippen molar-refractivity contribution < 1.29 is 28.6 Å². The summed E-state index contributed by atoms with van der Waals surface area (Å²) in [6.45, 7) is 6.62. The fourth-order valence-corrected chi connectivity index (χ4v) is 7.76. The standard InChI is InChI=1S/C56H102O6/c1-4-7-10-13-16-19-22-25-27-28-30-31-34-37-40-43-46-49-55(58)61-52-53(51-60-54(57)48-45-42-39-36-33-24-21-18-15-12-9-6-3)62-56(59)50-47-44-41-38-35-32-29-26-23-20-17-14-11-8-5-2/h16,19,25-27,29,53H,4-15,17-18,20-24,28,30-52H2,1-3H3/b19-16-,27-25-,29-26-/t53-/m1/s1. The van der Waals surface area contributed by atoms with Gasteiger partial charge in [0.05, 0.1) is 0 Å². The monoisotopic (exact) mass is 871 g/mol. The van der Waals surface area contributed by atoms with Crippen LogP contribution in [0, 0.1) is 0 Å². The van der Waals surface area contributed by atoms with Crippen molar-refractivity contribution in [1.82, 2.24) is 0 Å². The molecule has 0 saturated carbocycles. The third kappa shape index (κ3) is 48.7.